The first-order valence-corrected chi connectivity index (χ1v) is 6.28. The second kappa shape index (κ2) is 4.82. The van der Waals surface area contributed by atoms with Crippen LogP contribution < -0.4 is 0 Å². The van der Waals surface area contributed by atoms with Crippen LogP contribution in [-0.2, 0) is 9.47 Å². The van der Waals surface area contributed by atoms with E-state index in [1.54, 1.807) is 4.90 Å². The summed E-state index contributed by atoms with van der Waals surface area (Å²) in [5.41, 5.74) is -0.0941. The van der Waals surface area contributed by atoms with Crippen molar-refractivity contribution in [3.05, 3.63) is 0 Å². The van der Waals surface area contributed by atoms with Crippen molar-refractivity contribution in [2.45, 2.75) is 32.5 Å². The van der Waals surface area contributed by atoms with Crippen LogP contribution in [0.5, 0.6) is 0 Å². The molecular weight excluding hydrogens is 220 g/mol. The van der Waals surface area contributed by atoms with Gasteiger partial charge in [0.1, 0.15) is 6.61 Å². The largest absolute Gasteiger partial charge is 0.448 e. The molecule has 0 aromatic heterocycles. The summed E-state index contributed by atoms with van der Waals surface area (Å²) in [6.45, 7) is 11.1. The lowest BCUT2D eigenvalue weighted by Crippen LogP contribution is -2.53. The van der Waals surface area contributed by atoms with Gasteiger partial charge in [-0.2, -0.15) is 0 Å². The van der Waals surface area contributed by atoms with E-state index in [-0.39, 0.29) is 17.8 Å². The van der Waals surface area contributed by atoms with Gasteiger partial charge in [0, 0.05) is 26.2 Å². The molecule has 0 bridgehead atoms. The minimum absolute atomic E-state index is 0.0941. The predicted molar refractivity (Wildman–Crippen MR) is 64.0 cm³/mol. The highest BCUT2D eigenvalue weighted by atomic mass is 16.6. The first-order chi connectivity index (χ1) is 7.96. The lowest BCUT2D eigenvalue weighted by Gasteiger charge is -2.42. The molecule has 1 atom stereocenters. The first-order valence-electron chi connectivity index (χ1n) is 6.28. The van der Waals surface area contributed by atoms with Crippen molar-refractivity contribution in [2.24, 2.45) is 0 Å². The van der Waals surface area contributed by atoms with E-state index in [1.807, 2.05) is 0 Å². The zero-order valence-corrected chi connectivity index (χ0v) is 10.9. The summed E-state index contributed by atoms with van der Waals surface area (Å²) in [4.78, 5) is 15.4. The van der Waals surface area contributed by atoms with E-state index < -0.39 is 0 Å². The summed E-state index contributed by atoms with van der Waals surface area (Å²) in [6, 6.07) is 0. The molecule has 98 valence electrons. The van der Waals surface area contributed by atoms with E-state index in [0.29, 0.717) is 6.61 Å². The number of ether oxygens (including phenoxy) is 2. The van der Waals surface area contributed by atoms with Crippen molar-refractivity contribution in [1.29, 1.82) is 0 Å². The molecule has 2 rings (SSSR count). The highest BCUT2D eigenvalue weighted by molar-refractivity contribution is 5.69. The fraction of sp³-hybridized carbons (Fsp3) is 0.917. The van der Waals surface area contributed by atoms with Crippen LogP contribution in [0.25, 0.3) is 0 Å². The van der Waals surface area contributed by atoms with Gasteiger partial charge in [0.15, 0.2) is 0 Å². The van der Waals surface area contributed by atoms with E-state index >= 15 is 0 Å². The monoisotopic (exact) mass is 242 g/mol. The maximum absolute atomic E-state index is 11.3. The number of hydrogen-bond acceptors (Lipinski definition) is 4. The van der Waals surface area contributed by atoms with Crippen LogP contribution in [0.1, 0.15) is 20.8 Å². The molecule has 0 aliphatic carbocycles. The zero-order chi connectivity index (χ0) is 12.5. The van der Waals surface area contributed by atoms with Crippen LogP contribution in [-0.4, -0.2) is 66.9 Å². The number of hydrogen-bond donors (Lipinski definition) is 0. The molecule has 5 nitrogen and oxygen atoms in total. The Morgan fingerprint density at radius 1 is 1.41 bits per heavy atom. The molecule has 0 N–H and O–H groups in total. The van der Waals surface area contributed by atoms with Crippen LogP contribution in [0, 0.1) is 0 Å². The molecule has 2 saturated heterocycles. The maximum Gasteiger partial charge on any atom is 0.409 e. The van der Waals surface area contributed by atoms with E-state index in [0.717, 1.165) is 32.7 Å². The van der Waals surface area contributed by atoms with Crippen LogP contribution in [0.2, 0.25) is 0 Å². The van der Waals surface area contributed by atoms with Crippen LogP contribution in [0.15, 0.2) is 0 Å². The van der Waals surface area contributed by atoms with Gasteiger partial charge in [-0.15, -0.1) is 0 Å². The molecule has 0 unspecified atom stereocenters. The molecule has 1 amide bonds. The normalized spacial score (nSPS) is 29.5. The van der Waals surface area contributed by atoms with Gasteiger partial charge in [-0.05, 0) is 20.8 Å². The predicted octanol–water partition coefficient (Wildman–Crippen LogP) is 0.938. The number of morpholine rings is 1. The van der Waals surface area contributed by atoms with E-state index in [2.05, 4.69) is 25.7 Å². The highest BCUT2D eigenvalue weighted by Gasteiger charge is 2.31. The van der Waals surface area contributed by atoms with Gasteiger partial charge >= 0.3 is 6.09 Å². The van der Waals surface area contributed by atoms with Crippen molar-refractivity contribution in [1.82, 2.24) is 9.80 Å². The molecular formula is C12H22N2O3. The third-order valence-electron chi connectivity index (χ3n) is 3.17. The quantitative estimate of drug-likeness (QED) is 0.738. The molecule has 0 radical (unpaired) electrons. The number of carbonyl (C=O) groups excluding carboxylic acids is 1. The van der Waals surface area contributed by atoms with Crippen molar-refractivity contribution < 1.29 is 14.3 Å². The summed E-state index contributed by atoms with van der Waals surface area (Å²) >= 11 is 0. The highest BCUT2D eigenvalue weighted by Crippen LogP contribution is 2.20. The molecule has 0 spiro atoms. The molecule has 2 heterocycles. The van der Waals surface area contributed by atoms with Gasteiger partial charge in [-0.1, -0.05) is 0 Å². The van der Waals surface area contributed by atoms with Gasteiger partial charge in [0.25, 0.3) is 0 Å². The second-order valence-electron chi connectivity index (χ2n) is 5.52. The number of carbonyl (C=O) groups is 1. The van der Waals surface area contributed by atoms with Crippen molar-refractivity contribution in [2.75, 3.05) is 39.3 Å². The standard InChI is InChI=1S/C12H22N2O3/c1-10-8-13(9-12(2,3)17-10)4-5-14-6-7-16-11(14)15/h10H,4-9H2,1-3H3/t10-/m0/s1. The van der Waals surface area contributed by atoms with Crippen LogP contribution in [0.4, 0.5) is 4.79 Å². The van der Waals surface area contributed by atoms with Crippen LogP contribution >= 0.6 is 0 Å². The second-order valence-corrected chi connectivity index (χ2v) is 5.52. The third kappa shape index (κ3) is 3.33. The minimum atomic E-state index is -0.175. The lowest BCUT2D eigenvalue weighted by atomic mass is 10.1. The Balaban J connectivity index is 1.80. The van der Waals surface area contributed by atoms with E-state index in [9.17, 15) is 4.79 Å². The molecule has 5 heteroatoms. The minimum Gasteiger partial charge on any atom is -0.448 e. The number of amides is 1. The Labute approximate surface area is 103 Å². The van der Waals surface area contributed by atoms with Gasteiger partial charge in [0.2, 0.25) is 0 Å². The van der Waals surface area contributed by atoms with Crippen molar-refractivity contribution in [3.8, 4) is 0 Å². The molecule has 17 heavy (non-hydrogen) atoms. The summed E-state index contributed by atoms with van der Waals surface area (Å²) in [6.07, 6.45) is 0.0786. The Kier molecular flexibility index (Phi) is 3.58. The number of rotatable bonds is 3. The molecule has 2 fully saturated rings. The summed E-state index contributed by atoms with van der Waals surface area (Å²) in [5.74, 6) is 0. The Morgan fingerprint density at radius 3 is 2.76 bits per heavy atom. The average Bonchev–Trinajstić information content (AvgIpc) is 2.58. The molecule has 0 saturated carbocycles. The van der Waals surface area contributed by atoms with Gasteiger partial charge in [-0.25, -0.2) is 4.79 Å². The Hall–Kier alpha value is -0.810. The Morgan fingerprint density at radius 2 is 2.18 bits per heavy atom. The SMILES string of the molecule is C[C@H]1CN(CCN2CCOC2=O)CC(C)(C)O1. The fourth-order valence-corrected chi connectivity index (χ4v) is 2.65. The van der Waals surface area contributed by atoms with Crippen molar-refractivity contribution >= 4 is 6.09 Å². The molecule has 0 aromatic carbocycles. The van der Waals surface area contributed by atoms with Gasteiger partial charge in [0.05, 0.1) is 18.2 Å². The number of nitrogens with zero attached hydrogens (tertiary/aromatic N) is 2. The number of cyclic esters (lactones) is 1. The average molecular weight is 242 g/mol. The summed E-state index contributed by atoms with van der Waals surface area (Å²) in [7, 11) is 0. The molecule has 0 aromatic rings. The zero-order valence-electron chi connectivity index (χ0n) is 10.9. The fourth-order valence-electron chi connectivity index (χ4n) is 2.65. The van der Waals surface area contributed by atoms with E-state index in [4.69, 9.17) is 9.47 Å². The van der Waals surface area contributed by atoms with Crippen molar-refractivity contribution in [3.63, 3.8) is 0 Å². The van der Waals surface area contributed by atoms with Crippen LogP contribution in [0.3, 0.4) is 0 Å². The lowest BCUT2D eigenvalue weighted by molar-refractivity contribution is -0.128. The third-order valence-corrected chi connectivity index (χ3v) is 3.17. The van der Waals surface area contributed by atoms with Gasteiger partial charge in [-0.3, -0.25) is 4.90 Å². The summed E-state index contributed by atoms with van der Waals surface area (Å²) < 4.78 is 10.8. The topological polar surface area (TPSA) is 42.0 Å². The first kappa shape index (κ1) is 12.6. The molecule has 2 aliphatic rings. The van der Waals surface area contributed by atoms with E-state index in [1.165, 1.54) is 0 Å². The summed E-state index contributed by atoms with van der Waals surface area (Å²) in [5, 5.41) is 0. The van der Waals surface area contributed by atoms with Gasteiger partial charge < -0.3 is 14.4 Å². The molecule has 2 aliphatic heterocycles. The maximum atomic E-state index is 11.3. The smallest absolute Gasteiger partial charge is 0.409 e. The Bertz CT molecular complexity index is 293.